The Morgan fingerprint density at radius 1 is 1.14 bits per heavy atom. The molecule has 0 aliphatic carbocycles. The van der Waals surface area contributed by atoms with Gasteiger partial charge in [-0.05, 0) is 50.2 Å². The molecule has 7 nitrogen and oxygen atoms in total. The molecule has 1 N–H and O–H groups in total. The van der Waals surface area contributed by atoms with Gasteiger partial charge in [0.25, 0.3) is 0 Å². The molecule has 0 aliphatic rings. The number of hydrogen-bond donors (Lipinski definition) is 1. The summed E-state index contributed by atoms with van der Waals surface area (Å²) in [5, 5.41) is 8.88. The Bertz CT molecular complexity index is 1140. The first-order chi connectivity index (χ1) is 13.6. The lowest BCUT2D eigenvalue weighted by atomic mass is 10.2. The second-order valence-electron chi connectivity index (χ2n) is 6.10. The fraction of sp³-hybridized carbons (Fsp3) is 0.200. The monoisotopic (exact) mass is 393 g/mol. The van der Waals surface area contributed by atoms with Crippen molar-refractivity contribution in [2.45, 2.75) is 19.0 Å². The minimum Gasteiger partial charge on any atom is -0.494 e. The number of anilines is 1. The molecule has 142 valence electrons. The Morgan fingerprint density at radius 2 is 1.93 bits per heavy atom. The van der Waals surface area contributed by atoms with E-state index in [9.17, 15) is 4.79 Å². The Morgan fingerprint density at radius 3 is 2.71 bits per heavy atom. The number of ether oxygens (including phenoxy) is 1. The summed E-state index contributed by atoms with van der Waals surface area (Å²) < 4.78 is 7.11. The second kappa shape index (κ2) is 7.85. The molecule has 0 radical (unpaired) electrons. The summed E-state index contributed by atoms with van der Waals surface area (Å²) in [6, 6.07) is 15.1. The number of nitrogens with zero attached hydrogens (tertiary/aromatic N) is 4. The van der Waals surface area contributed by atoms with Crippen LogP contribution in [0.3, 0.4) is 0 Å². The van der Waals surface area contributed by atoms with Gasteiger partial charge in [-0.2, -0.15) is 4.52 Å². The Kier molecular flexibility index (Phi) is 5.12. The van der Waals surface area contributed by atoms with Crippen molar-refractivity contribution in [2.24, 2.45) is 0 Å². The molecule has 1 amide bonds. The van der Waals surface area contributed by atoms with E-state index in [1.165, 1.54) is 11.8 Å². The lowest BCUT2D eigenvalue weighted by molar-refractivity contribution is -0.113. The smallest absolute Gasteiger partial charge is 0.234 e. The van der Waals surface area contributed by atoms with Gasteiger partial charge in [-0.3, -0.25) is 4.79 Å². The molecular formula is C20H19N5O2S. The molecule has 8 heteroatoms. The first-order valence-electron chi connectivity index (χ1n) is 8.91. The maximum Gasteiger partial charge on any atom is 0.234 e. The molecule has 0 fully saturated rings. The molecule has 0 aliphatic heterocycles. The van der Waals surface area contributed by atoms with Crippen molar-refractivity contribution in [3.05, 3.63) is 54.4 Å². The molecule has 2 heterocycles. The molecule has 0 atom stereocenters. The zero-order valence-corrected chi connectivity index (χ0v) is 16.4. The Labute approximate surface area is 166 Å². The van der Waals surface area contributed by atoms with Gasteiger partial charge in [0.15, 0.2) is 10.8 Å². The molecule has 0 saturated heterocycles. The van der Waals surface area contributed by atoms with E-state index in [4.69, 9.17) is 4.74 Å². The van der Waals surface area contributed by atoms with Gasteiger partial charge in [0.1, 0.15) is 11.6 Å². The van der Waals surface area contributed by atoms with E-state index in [1.54, 1.807) is 4.52 Å². The summed E-state index contributed by atoms with van der Waals surface area (Å²) in [6.07, 6.45) is 0. The SMILES string of the molecule is CCOc1ccc(NC(=O)CSc2nc3ccccc3c3nc(C)nn23)cc1. The number of amides is 1. The van der Waals surface area contributed by atoms with Crippen molar-refractivity contribution < 1.29 is 9.53 Å². The predicted molar refractivity (Wildman–Crippen MR) is 110 cm³/mol. The van der Waals surface area contributed by atoms with E-state index < -0.39 is 0 Å². The molecule has 4 rings (SSSR count). The number of para-hydroxylation sites is 1. The third-order valence-corrected chi connectivity index (χ3v) is 4.97. The lowest BCUT2D eigenvalue weighted by Crippen LogP contribution is -2.14. The molecule has 4 aromatic rings. The third-order valence-electron chi connectivity index (χ3n) is 4.04. The van der Waals surface area contributed by atoms with E-state index >= 15 is 0 Å². The van der Waals surface area contributed by atoms with Crippen molar-refractivity contribution in [1.82, 2.24) is 19.6 Å². The van der Waals surface area contributed by atoms with E-state index in [1.807, 2.05) is 62.4 Å². The highest BCUT2D eigenvalue weighted by atomic mass is 32.2. The van der Waals surface area contributed by atoms with Gasteiger partial charge >= 0.3 is 0 Å². The van der Waals surface area contributed by atoms with Gasteiger partial charge < -0.3 is 10.1 Å². The van der Waals surface area contributed by atoms with Gasteiger partial charge in [-0.15, -0.1) is 5.10 Å². The lowest BCUT2D eigenvalue weighted by Gasteiger charge is -2.08. The van der Waals surface area contributed by atoms with Gasteiger partial charge in [0, 0.05) is 11.1 Å². The van der Waals surface area contributed by atoms with Crippen LogP contribution in [0.5, 0.6) is 5.75 Å². The van der Waals surface area contributed by atoms with Gasteiger partial charge in [-0.25, -0.2) is 9.97 Å². The predicted octanol–water partition coefficient (Wildman–Crippen LogP) is 3.72. The number of carbonyl (C=O) groups is 1. The number of carbonyl (C=O) groups excluding carboxylic acids is 1. The fourth-order valence-electron chi connectivity index (χ4n) is 2.86. The molecule has 2 aromatic heterocycles. The second-order valence-corrected chi connectivity index (χ2v) is 7.04. The quantitative estimate of drug-likeness (QED) is 0.397. The van der Waals surface area contributed by atoms with Crippen LogP contribution < -0.4 is 10.1 Å². The van der Waals surface area contributed by atoms with Crippen LogP contribution in [0, 0.1) is 6.92 Å². The number of nitrogens with one attached hydrogen (secondary N) is 1. The standard InChI is InChI=1S/C20H19N5O2S/c1-3-27-15-10-8-14(9-11-15)22-18(26)12-28-20-23-17-7-5-4-6-16(17)19-21-13(2)24-25(19)20/h4-11H,3,12H2,1-2H3,(H,22,26). The summed E-state index contributed by atoms with van der Waals surface area (Å²) >= 11 is 1.33. The van der Waals surface area contributed by atoms with E-state index in [0.717, 1.165) is 28.0 Å². The number of aromatic nitrogens is 4. The van der Waals surface area contributed by atoms with Gasteiger partial charge in [-0.1, -0.05) is 23.9 Å². The Hall–Kier alpha value is -3.13. The van der Waals surface area contributed by atoms with Crippen LogP contribution in [-0.4, -0.2) is 37.8 Å². The van der Waals surface area contributed by atoms with Crippen LogP contribution in [-0.2, 0) is 4.79 Å². The number of aryl methyl sites for hydroxylation is 1. The summed E-state index contributed by atoms with van der Waals surface area (Å²) in [5.74, 6) is 1.54. The summed E-state index contributed by atoms with van der Waals surface area (Å²) in [7, 11) is 0. The minimum atomic E-state index is -0.117. The molecule has 0 saturated carbocycles. The van der Waals surface area contributed by atoms with Crippen LogP contribution >= 0.6 is 11.8 Å². The molecule has 2 aromatic carbocycles. The van der Waals surface area contributed by atoms with Crippen LogP contribution in [0.25, 0.3) is 16.6 Å². The number of hydrogen-bond acceptors (Lipinski definition) is 6. The zero-order chi connectivity index (χ0) is 19.5. The highest BCUT2D eigenvalue weighted by Gasteiger charge is 2.13. The average molecular weight is 393 g/mol. The van der Waals surface area contributed by atoms with Crippen LogP contribution in [0.1, 0.15) is 12.7 Å². The molecule has 0 bridgehead atoms. The van der Waals surface area contributed by atoms with Crippen LogP contribution in [0.15, 0.2) is 53.7 Å². The number of thioether (sulfide) groups is 1. The number of benzene rings is 2. The third kappa shape index (κ3) is 3.77. The van der Waals surface area contributed by atoms with E-state index in [-0.39, 0.29) is 11.7 Å². The van der Waals surface area contributed by atoms with Crippen molar-refractivity contribution in [3.8, 4) is 5.75 Å². The molecular weight excluding hydrogens is 374 g/mol. The van der Waals surface area contributed by atoms with Crippen molar-refractivity contribution >= 4 is 39.9 Å². The topological polar surface area (TPSA) is 81.4 Å². The van der Waals surface area contributed by atoms with Crippen molar-refractivity contribution in [1.29, 1.82) is 0 Å². The highest BCUT2D eigenvalue weighted by molar-refractivity contribution is 7.99. The maximum atomic E-state index is 12.4. The first-order valence-corrected chi connectivity index (χ1v) is 9.90. The van der Waals surface area contributed by atoms with Crippen molar-refractivity contribution in [3.63, 3.8) is 0 Å². The largest absolute Gasteiger partial charge is 0.494 e. The fourth-order valence-corrected chi connectivity index (χ4v) is 3.60. The number of fused-ring (bicyclic) bond motifs is 3. The summed E-state index contributed by atoms with van der Waals surface area (Å²) in [4.78, 5) is 21.5. The van der Waals surface area contributed by atoms with E-state index in [2.05, 4.69) is 20.4 Å². The van der Waals surface area contributed by atoms with Crippen molar-refractivity contribution in [2.75, 3.05) is 17.7 Å². The zero-order valence-electron chi connectivity index (χ0n) is 15.5. The highest BCUT2D eigenvalue weighted by Crippen LogP contribution is 2.24. The van der Waals surface area contributed by atoms with Gasteiger partial charge in [0.2, 0.25) is 5.91 Å². The molecule has 28 heavy (non-hydrogen) atoms. The minimum absolute atomic E-state index is 0.117. The van der Waals surface area contributed by atoms with Gasteiger partial charge in [0.05, 0.1) is 17.9 Å². The average Bonchev–Trinajstić information content (AvgIpc) is 3.10. The van der Waals surface area contributed by atoms with Crippen LogP contribution in [0.4, 0.5) is 5.69 Å². The maximum absolute atomic E-state index is 12.4. The normalized spacial score (nSPS) is 11.1. The summed E-state index contributed by atoms with van der Waals surface area (Å²) in [6.45, 7) is 4.38. The van der Waals surface area contributed by atoms with Crippen LogP contribution in [0.2, 0.25) is 0 Å². The Balaban J connectivity index is 1.50. The first kappa shape index (κ1) is 18.2. The molecule has 0 spiro atoms. The number of rotatable bonds is 6. The summed E-state index contributed by atoms with van der Waals surface area (Å²) in [5.41, 5.74) is 2.30. The molecule has 0 unspecified atom stereocenters. The van der Waals surface area contributed by atoms with E-state index in [0.29, 0.717) is 17.6 Å².